The van der Waals surface area contributed by atoms with E-state index in [0.717, 1.165) is 16.4 Å². The van der Waals surface area contributed by atoms with Gasteiger partial charge in [0.25, 0.3) is 0 Å². The van der Waals surface area contributed by atoms with Crippen molar-refractivity contribution in [2.24, 2.45) is 0 Å². The van der Waals surface area contributed by atoms with Crippen molar-refractivity contribution >= 4 is 27.9 Å². The van der Waals surface area contributed by atoms with Crippen molar-refractivity contribution in [1.82, 2.24) is 15.2 Å². The number of nitrogens with zero attached hydrogens (tertiary/aromatic N) is 2. The van der Waals surface area contributed by atoms with Crippen LogP contribution in [0.2, 0.25) is 0 Å². The molecule has 78 valence electrons. The highest BCUT2D eigenvalue weighted by atomic mass is 16.4. The van der Waals surface area contributed by atoms with Crippen molar-refractivity contribution in [3.8, 4) is 0 Å². The predicted molar refractivity (Wildman–Crippen MR) is 54.9 cm³/mol. The summed E-state index contributed by atoms with van der Waals surface area (Å²) in [6, 6.07) is 3.15. The highest BCUT2D eigenvalue weighted by molar-refractivity contribution is 5.99. The van der Waals surface area contributed by atoms with E-state index in [2.05, 4.69) is 20.2 Å². The third-order valence-corrected chi connectivity index (χ3v) is 2.40. The Morgan fingerprint density at radius 1 is 1.44 bits per heavy atom. The first-order chi connectivity index (χ1) is 7.75. The molecule has 3 aromatic heterocycles. The van der Waals surface area contributed by atoms with Crippen LogP contribution in [0, 0.1) is 0 Å². The number of hydrogen-bond donors (Lipinski definition) is 2. The second-order valence-electron chi connectivity index (χ2n) is 3.39. The number of pyridine rings is 2. The fourth-order valence-corrected chi connectivity index (χ4v) is 1.64. The highest BCUT2D eigenvalue weighted by Crippen LogP contribution is 2.17. The van der Waals surface area contributed by atoms with Gasteiger partial charge in [0.1, 0.15) is 11.2 Å². The van der Waals surface area contributed by atoms with Crippen LogP contribution in [-0.2, 0) is 0 Å². The molecule has 0 spiro atoms. The summed E-state index contributed by atoms with van der Waals surface area (Å²) < 4.78 is 0. The number of hydrogen-bond acceptors (Lipinski definition) is 3. The van der Waals surface area contributed by atoms with Gasteiger partial charge in [-0.1, -0.05) is 0 Å². The first-order valence-electron chi connectivity index (χ1n) is 4.63. The third kappa shape index (κ3) is 1.13. The maximum absolute atomic E-state index is 10.8. The molecule has 0 fully saturated rings. The van der Waals surface area contributed by atoms with Gasteiger partial charge in [-0.3, -0.25) is 5.10 Å². The summed E-state index contributed by atoms with van der Waals surface area (Å²) in [6.07, 6.45) is 3.45. The van der Waals surface area contributed by atoms with E-state index in [1.54, 1.807) is 18.5 Å². The number of carboxylic acids is 1. The number of aromatic amines is 2. The highest BCUT2D eigenvalue weighted by Gasteiger charge is 2.13. The van der Waals surface area contributed by atoms with Crippen molar-refractivity contribution in [1.29, 1.82) is 0 Å². The van der Waals surface area contributed by atoms with Crippen LogP contribution < -0.4 is 4.98 Å². The first kappa shape index (κ1) is 8.78. The molecule has 0 aliphatic heterocycles. The molecule has 0 bridgehead atoms. The SMILES string of the molecule is O=C(O)c1ccc2[nH+]cc3cn[nH]c3c2n1. The molecular weight excluding hydrogens is 208 g/mol. The van der Waals surface area contributed by atoms with Crippen molar-refractivity contribution in [3.05, 3.63) is 30.2 Å². The number of aromatic carboxylic acids is 1. The molecule has 0 radical (unpaired) electrons. The van der Waals surface area contributed by atoms with E-state index in [1.807, 2.05) is 0 Å². The van der Waals surface area contributed by atoms with E-state index in [0.29, 0.717) is 5.52 Å². The van der Waals surface area contributed by atoms with Crippen LogP contribution in [0.4, 0.5) is 0 Å². The molecule has 3 heterocycles. The van der Waals surface area contributed by atoms with Crippen LogP contribution >= 0.6 is 0 Å². The smallest absolute Gasteiger partial charge is 0.354 e. The molecule has 0 saturated heterocycles. The van der Waals surface area contributed by atoms with Gasteiger partial charge in [0.15, 0.2) is 11.7 Å². The summed E-state index contributed by atoms with van der Waals surface area (Å²) in [4.78, 5) is 17.9. The van der Waals surface area contributed by atoms with E-state index in [1.165, 1.54) is 6.07 Å². The van der Waals surface area contributed by atoms with Crippen molar-refractivity contribution in [2.75, 3.05) is 0 Å². The number of fused-ring (bicyclic) bond motifs is 3. The Morgan fingerprint density at radius 2 is 2.31 bits per heavy atom. The summed E-state index contributed by atoms with van der Waals surface area (Å²) in [6.45, 7) is 0. The van der Waals surface area contributed by atoms with Crippen molar-refractivity contribution in [3.63, 3.8) is 0 Å². The second kappa shape index (κ2) is 2.99. The van der Waals surface area contributed by atoms with Gasteiger partial charge in [0, 0.05) is 6.07 Å². The van der Waals surface area contributed by atoms with Crippen LogP contribution in [0.1, 0.15) is 10.5 Å². The molecule has 3 aromatic rings. The number of rotatable bonds is 1. The topological polar surface area (TPSA) is 93.0 Å². The lowest BCUT2D eigenvalue weighted by Gasteiger charge is -1.95. The van der Waals surface area contributed by atoms with Crippen LogP contribution in [0.5, 0.6) is 0 Å². The minimum absolute atomic E-state index is 0.0167. The largest absolute Gasteiger partial charge is 0.477 e. The van der Waals surface area contributed by atoms with Gasteiger partial charge in [-0.25, -0.2) is 14.8 Å². The number of aromatic nitrogens is 4. The van der Waals surface area contributed by atoms with Crippen molar-refractivity contribution < 1.29 is 14.9 Å². The maximum atomic E-state index is 10.8. The van der Waals surface area contributed by atoms with Gasteiger partial charge >= 0.3 is 5.97 Å². The van der Waals surface area contributed by atoms with Gasteiger partial charge in [-0.05, 0) is 6.07 Å². The predicted octanol–water partition coefficient (Wildman–Crippen LogP) is 0.623. The van der Waals surface area contributed by atoms with Crippen LogP contribution in [0.15, 0.2) is 24.5 Å². The van der Waals surface area contributed by atoms with Crippen LogP contribution in [0.3, 0.4) is 0 Å². The summed E-state index contributed by atoms with van der Waals surface area (Å²) >= 11 is 0. The molecule has 0 atom stereocenters. The lowest BCUT2D eigenvalue weighted by atomic mass is 10.2. The van der Waals surface area contributed by atoms with Gasteiger partial charge in [0.2, 0.25) is 5.52 Å². The molecular formula is C10H7N4O2+. The first-order valence-corrected chi connectivity index (χ1v) is 4.63. The molecule has 0 amide bonds. The molecule has 0 aliphatic carbocycles. The average molecular weight is 215 g/mol. The molecule has 0 unspecified atom stereocenters. The molecule has 0 aliphatic rings. The molecule has 6 nitrogen and oxygen atoms in total. The maximum Gasteiger partial charge on any atom is 0.354 e. The van der Waals surface area contributed by atoms with E-state index >= 15 is 0 Å². The second-order valence-corrected chi connectivity index (χ2v) is 3.39. The van der Waals surface area contributed by atoms with E-state index in [4.69, 9.17) is 5.11 Å². The molecule has 6 heteroatoms. The minimum Gasteiger partial charge on any atom is -0.477 e. The Bertz CT molecular complexity index is 704. The molecule has 0 saturated carbocycles. The van der Waals surface area contributed by atoms with Crippen molar-refractivity contribution in [2.45, 2.75) is 0 Å². The van der Waals surface area contributed by atoms with Gasteiger partial charge in [-0.2, -0.15) is 5.10 Å². The van der Waals surface area contributed by atoms with Gasteiger partial charge in [-0.15, -0.1) is 0 Å². The number of carbonyl (C=O) groups is 1. The minimum atomic E-state index is -1.04. The Hall–Kier alpha value is -2.50. The molecule has 3 N–H and O–H groups in total. The lowest BCUT2D eigenvalue weighted by Crippen LogP contribution is -2.06. The third-order valence-electron chi connectivity index (χ3n) is 2.40. The molecule has 3 rings (SSSR count). The van der Waals surface area contributed by atoms with Crippen LogP contribution in [-0.4, -0.2) is 26.3 Å². The normalized spacial score (nSPS) is 11.0. The lowest BCUT2D eigenvalue weighted by molar-refractivity contribution is -0.342. The number of carboxylic acid groups (broad SMARTS) is 1. The quantitative estimate of drug-likeness (QED) is 0.622. The fourth-order valence-electron chi connectivity index (χ4n) is 1.64. The molecule has 16 heavy (non-hydrogen) atoms. The van der Waals surface area contributed by atoms with E-state index in [9.17, 15) is 4.79 Å². The Labute approximate surface area is 89.0 Å². The summed E-state index contributed by atoms with van der Waals surface area (Å²) in [5, 5.41) is 16.4. The zero-order chi connectivity index (χ0) is 11.1. The fraction of sp³-hybridized carbons (Fsp3) is 0. The zero-order valence-corrected chi connectivity index (χ0v) is 8.06. The average Bonchev–Trinajstić information content (AvgIpc) is 2.76. The summed E-state index contributed by atoms with van der Waals surface area (Å²) in [5.74, 6) is -1.04. The molecule has 0 aromatic carbocycles. The Kier molecular flexibility index (Phi) is 1.64. The van der Waals surface area contributed by atoms with E-state index < -0.39 is 5.97 Å². The summed E-state index contributed by atoms with van der Waals surface area (Å²) in [7, 11) is 0. The zero-order valence-electron chi connectivity index (χ0n) is 8.06. The monoisotopic (exact) mass is 215 g/mol. The van der Waals surface area contributed by atoms with E-state index in [-0.39, 0.29) is 5.69 Å². The number of H-pyrrole nitrogens is 2. The Morgan fingerprint density at radius 3 is 3.12 bits per heavy atom. The van der Waals surface area contributed by atoms with Gasteiger partial charge < -0.3 is 5.11 Å². The standard InChI is InChI=1S/C10H6N4O2/c15-10(16)7-2-1-6-9(13-7)8-5(3-11-6)4-12-14-8/h1-4H,(H,12,14)(H,15,16)/p+1. The van der Waals surface area contributed by atoms with Gasteiger partial charge in [0.05, 0.1) is 11.6 Å². The summed E-state index contributed by atoms with van der Waals surface area (Å²) in [5.41, 5.74) is 2.09. The Balaban J connectivity index is 2.46. The number of nitrogens with one attached hydrogen (secondary N) is 2. The van der Waals surface area contributed by atoms with Crippen LogP contribution in [0.25, 0.3) is 21.9 Å².